The molecule has 0 aromatic heterocycles. The second-order valence-electron chi connectivity index (χ2n) is 20.8. The van der Waals surface area contributed by atoms with E-state index < -0.39 is 35.9 Å². The molecule has 0 aromatic rings. The molecule has 16 heteroatoms. The van der Waals surface area contributed by atoms with Crippen LogP contribution in [0, 0.1) is 21.7 Å². The second kappa shape index (κ2) is 27.3. The fraction of sp³-hybridized carbons (Fsp3) is 0.833. The van der Waals surface area contributed by atoms with Gasteiger partial charge >= 0.3 is 36.3 Å². The van der Waals surface area contributed by atoms with Gasteiger partial charge in [-0.15, -0.1) is 0 Å². The lowest BCUT2D eigenvalue weighted by atomic mass is 9.62. The van der Waals surface area contributed by atoms with Crippen molar-refractivity contribution in [1.82, 2.24) is 21.3 Å². The van der Waals surface area contributed by atoms with Gasteiger partial charge in [-0.2, -0.15) is 0 Å². The van der Waals surface area contributed by atoms with Gasteiger partial charge in [-0.3, -0.25) is 4.79 Å². The van der Waals surface area contributed by atoms with Crippen molar-refractivity contribution in [2.75, 3.05) is 46.1 Å². The van der Waals surface area contributed by atoms with E-state index in [0.717, 1.165) is 83.1 Å². The molecule has 0 spiro atoms. The van der Waals surface area contributed by atoms with Crippen LogP contribution >= 0.6 is 0 Å². The van der Waals surface area contributed by atoms with Crippen LogP contribution in [-0.2, 0) is 38.0 Å². The summed E-state index contributed by atoms with van der Waals surface area (Å²) in [5.74, 6) is -0.893. The Morgan fingerprint density at radius 2 is 0.969 bits per heavy atom. The van der Waals surface area contributed by atoms with E-state index in [4.69, 9.17) is 28.4 Å². The first-order chi connectivity index (χ1) is 30.0. The smallest absolute Gasteiger partial charge is 0.407 e. The molecule has 2 fully saturated rings. The van der Waals surface area contributed by atoms with Gasteiger partial charge in [-0.05, 0) is 99.2 Å². The number of unbranched alkanes of at least 4 members (excludes halogenated alkanes) is 7. The SMILES string of the molecule is C=CC(=O)OCCOC(=O)NC1CC(C)(C)CC(C)(CNC(=O)OCCCCCCCCCCOC(=O)NC2CC(C)(C)CC(C)(CNC(=O)OCCCC(C)(CC)OC(C)=O)C2)C1. The van der Waals surface area contributed by atoms with Crippen LogP contribution in [0.1, 0.15) is 171 Å². The maximum atomic E-state index is 12.7. The van der Waals surface area contributed by atoms with Crippen molar-refractivity contribution in [1.29, 1.82) is 0 Å². The van der Waals surface area contributed by atoms with Crippen LogP contribution in [0.5, 0.6) is 0 Å². The summed E-state index contributed by atoms with van der Waals surface area (Å²) in [4.78, 5) is 72.7. The van der Waals surface area contributed by atoms with Gasteiger partial charge in [0.05, 0.1) is 19.8 Å². The Morgan fingerprint density at radius 1 is 0.578 bits per heavy atom. The zero-order chi connectivity index (χ0) is 47.9. The molecule has 368 valence electrons. The first-order valence-electron chi connectivity index (χ1n) is 23.7. The number of hydrogen-bond acceptors (Lipinski definition) is 12. The number of carbonyl (C=O) groups is 6. The van der Waals surface area contributed by atoms with Crippen molar-refractivity contribution in [3.8, 4) is 0 Å². The standard InChI is InChI=1S/C48H84N4O12/c1-11-39(54)59-26-27-63-43(58)52-38-29-45(6,7)33-47(9,31-38)34-49-40(55)60-23-19-17-15-13-14-16-18-20-24-62-42(57)51-37-28-44(4,5)32-46(8,30-37)35-50-41(56)61-25-21-22-48(10,12-2)64-36(3)53/h11,37-38H,1,12-35H2,2-10H3,(H,49,55)(H,50,56)(H,51,57)(H,52,58). The second-order valence-corrected chi connectivity index (χ2v) is 20.8. The Hall–Kier alpha value is -4.24. The summed E-state index contributed by atoms with van der Waals surface area (Å²) >= 11 is 0. The molecule has 4 N–H and O–H groups in total. The summed E-state index contributed by atoms with van der Waals surface area (Å²) in [6.45, 7) is 23.2. The lowest BCUT2D eigenvalue weighted by Gasteiger charge is -2.46. The van der Waals surface area contributed by atoms with Gasteiger partial charge in [-0.25, -0.2) is 24.0 Å². The van der Waals surface area contributed by atoms with Gasteiger partial charge < -0.3 is 49.7 Å². The van der Waals surface area contributed by atoms with Crippen molar-refractivity contribution in [2.24, 2.45) is 21.7 Å². The van der Waals surface area contributed by atoms with E-state index in [9.17, 15) is 28.8 Å². The van der Waals surface area contributed by atoms with Crippen LogP contribution in [0.3, 0.4) is 0 Å². The molecule has 0 saturated heterocycles. The molecule has 64 heavy (non-hydrogen) atoms. The number of hydrogen-bond donors (Lipinski definition) is 4. The Bertz CT molecular complexity index is 1510. The van der Waals surface area contributed by atoms with E-state index >= 15 is 0 Å². The molecule has 0 aromatic carbocycles. The van der Waals surface area contributed by atoms with Gasteiger partial charge in [0.25, 0.3) is 0 Å². The Balaban J connectivity index is 1.54. The van der Waals surface area contributed by atoms with Crippen LogP contribution in [0.2, 0.25) is 0 Å². The van der Waals surface area contributed by atoms with Crippen molar-refractivity contribution in [3.05, 3.63) is 12.7 Å². The predicted octanol–water partition coefficient (Wildman–Crippen LogP) is 9.42. The zero-order valence-corrected chi connectivity index (χ0v) is 40.8. The molecule has 5 unspecified atom stereocenters. The van der Waals surface area contributed by atoms with Crippen LogP contribution in [0.15, 0.2) is 12.7 Å². The first kappa shape index (κ1) is 55.9. The largest absolute Gasteiger partial charge is 0.460 e. The lowest BCUT2D eigenvalue weighted by molar-refractivity contribution is -0.156. The molecule has 0 aliphatic heterocycles. The van der Waals surface area contributed by atoms with E-state index in [2.05, 4.69) is 69.4 Å². The van der Waals surface area contributed by atoms with E-state index in [1.54, 1.807) is 0 Å². The molecule has 0 heterocycles. The summed E-state index contributed by atoms with van der Waals surface area (Å²) in [6, 6.07) is -0.203. The monoisotopic (exact) mass is 909 g/mol. The van der Waals surface area contributed by atoms with E-state index in [1.807, 2.05) is 13.8 Å². The van der Waals surface area contributed by atoms with Crippen LogP contribution in [-0.4, -0.2) is 100 Å². The van der Waals surface area contributed by atoms with Crippen LogP contribution in [0.4, 0.5) is 19.2 Å². The average Bonchev–Trinajstić information content (AvgIpc) is 3.18. The number of carbonyl (C=O) groups excluding carboxylic acids is 6. The minimum atomic E-state index is -0.574. The molecule has 16 nitrogen and oxygen atoms in total. The number of alkyl carbamates (subject to hydrolysis) is 4. The Kier molecular flexibility index (Phi) is 23.8. The summed E-state index contributed by atoms with van der Waals surface area (Å²) in [5.41, 5.74) is -1.15. The topological polar surface area (TPSA) is 206 Å². The summed E-state index contributed by atoms with van der Waals surface area (Å²) in [5, 5.41) is 11.9. The number of ether oxygens (including phenoxy) is 6. The number of rotatable bonds is 27. The van der Waals surface area contributed by atoms with Crippen molar-refractivity contribution < 1.29 is 57.2 Å². The summed E-state index contributed by atoms with van der Waals surface area (Å²) in [6.07, 6.45) is 13.6. The van der Waals surface area contributed by atoms with Gasteiger partial charge in [-0.1, -0.05) is 93.6 Å². The molecule has 2 saturated carbocycles. The van der Waals surface area contributed by atoms with Crippen molar-refractivity contribution in [3.63, 3.8) is 0 Å². The van der Waals surface area contributed by atoms with Crippen molar-refractivity contribution in [2.45, 2.75) is 189 Å². The van der Waals surface area contributed by atoms with E-state index in [-0.39, 0.29) is 59.5 Å². The minimum absolute atomic E-state index is 0.0364. The molecule has 2 aliphatic carbocycles. The van der Waals surface area contributed by atoms with Gasteiger partial charge in [0.1, 0.15) is 18.8 Å². The third-order valence-electron chi connectivity index (χ3n) is 12.3. The first-order valence-corrected chi connectivity index (χ1v) is 23.7. The molecule has 5 atom stereocenters. The van der Waals surface area contributed by atoms with Crippen LogP contribution < -0.4 is 21.3 Å². The highest BCUT2D eigenvalue weighted by molar-refractivity contribution is 5.81. The average molecular weight is 909 g/mol. The number of esters is 2. The highest BCUT2D eigenvalue weighted by Crippen LogP contribution is 2.47. The predicted molar refractivity (Wildman–Crippen MR) is 245 cm³/mol. The molecule has 0 radical (unpaired) electrons. The minimum Gasteiger partial charge on any atom is -0.460 e. The molecule has 0 bridgehead atoms. The molecular weight excluding hydrogens is 825 g/mol. The van der Waals surface area contributed by atoms with Gasteiger partial charge in [0.2, 0.25) is 0 Å². The van der Waals surface area contributed by atoms with Crippen molar-refractivity contribution >= 4 is 36.3 Å². The van der Waals surface area contributed by atoms with Crippen LogP contribution in [0.25, 0.3) is 0 Å². The lowest BCUT2D eigenvalue weighted by Crippen LogP contribution is -2.50. The highest BCUT2D eigenvalue weighted by atomic mass is 16.6. The summed E-state index contributed by atoms with van der Waals surface area (Å²) in [7, 11) is 0. The quantitative estimate of drug-likeness (QED) is 0.0263. The van der Waals surface area contributed by atoms with Gasteiger partial charge in [0.15, 0.2) is 0 Å². The fourth-order valence-corrected chi connectivity index (χ4v) is 10.0. The molecule has 2 rings (SSSR count). The summed E-state index contributed by atoms with van der Waals surface area (Å²) < 4.78 is 31.8. The van der Waals surface area contributed by atoms with Gasteiger partial charge in [0, 0.05) is 38.2 Å². The zero-order valence-electron chi connectivity index (χ0n) is 40.8. The number of nitrogens with one attached hydrogen (secondary N) is 4. The Morgan fingerprint density at radius 3 is 1.39 bits per heavy atom. The van der Waals surface area contributed by atoms with E-state index in [0.29, 0.717) is 58.4 Å². The third-order valence-corrected chi connectivity index (χ3v) is 12.3. The number of amides is 4. The molecule has 4 amide bonds. The fourth-order valence-electron chi connectivity index (χ4n) is 10.0. The molecular formula is C48H84N4O12. The highest BCUT2D eigenvalue weighted by Gasteiger charge is 2.43. The Labute approximate surface area is 383 Å². The maximum absolute atomic E-state index is 12.7. The normalized spacial score (nSPS) is 23.2. The molecule has 2 aliphatic rings. The third kappa shape index (κ3) is 24.2. The van der Waals surface area contributed by atoms with E-state index in [1.165, 1.54) is 6.92 Å². The maximum Gasteiger partial charge on any atom is 0.407 e.